The van der Waals surface area contributed by atoms with Gasteiger partial charge in [0.15, 0.2) is 5.65 Å². The molecule has 2 aromatic heterocycles. The third-order valence-electron chi connectivity index (χ3n) is 5.32. The Balaban J connectivity index is 1.40. The van der Waals surface area contributed by atoms with E-state index in [0.717, 1.165) is 35.3 Å². The van der Waals surface area contributed by atoms with Crippen LogP contribution in [0.3, 0.4) is 0 Å². The van der Waals surface area contributed by atoms with E-state index in [0.29, 0.717) is 24.3 Å². The van der Waals surface area contributed by atoms with Crippen molar-refractivity contribution in [3.05, 3.63) is 83.7 Å². The number of nitrogens with zero attached hydrogens (tertiary/aromatic N) is 3. The summed E-state index contributed by atoms with van der Waals surface area (Å²) in [5.74, 6) is 1.32. The number of rotatable bonds is 9. The van der Waals surface area contributed by atoms with Gasteiger partial charge in [-0.25, -0.2) is 9.67 Å². The zero-order chi connectivity index (χ0) is 22.3. The highest BCUT2D eigenvalue weighted by atomic mass is 16.5. The van der Waals surface area contributed by atoms with Gasteiger partial charge in [-0.3, -0.25) is 4.79 Å². The first-order valence-corrected chi connectivity index (χ1v) is 10.5. The maximum absolute atomic E-state index is 12.5. The second-order valence-electron chi connectivity index (χ2n) is 7.46. The Morgan fingerprint density at radius 3 is 2.66 bits per heavy atom. The van der Waals surface area contributed by atoms with Crippen molar-refractivity contribution in [3.63, 3.8) is 0 Å². The average molecular weight is 431 g/mol. The third-order valence-corrected chi connectivity index (χ3v) is 5.32. The Morgan fingerprint density at radius 2 is 1.88 bits per heavy atom. The van der Waals surface area contributed by atoms with Crippen molar-refractivity contribution in [2.75, 3.05) is 20.8 Å². The summed E-state index contributed by atoms with van der Waals surface area (Å²) in [4.78, 5) is 17.0. The van der Waals surface area contributed by atoms with E-state index in [2.05, 4.69) is 27.5 Å². The zero-order valence-electron chi connectivity index (χ0n) is 18.2. The molecule has 0 atom stereocenters. The van der Waals surface area contributed by atoms with Crippen LogP contribution in [0.2, 0.25) is 0 Å². The molecule has 0 aliphatic rings. The number of aromatic nitrogens is 3. The van der Waals surface area contributed by atoms with E-state index in [1.807, 2.05) is 42.5 Å². The predicted molar refractivity (Wildman–Crippen MR) is 123 cm³/mol. The number of nitrogens with one attached hydrogen (secondary N) is 1. The topological polar surface area (TPSA) is 78.3 Å². The number of carbonyl (C=O) groups is 1. The highest BCUT2D eigenvalue weighted by molar-refractivity contribution is 5.96. The number of fused-ring (bicyclic) bond motifs is 1. The number of benzene rings is 2. The van der Waals surface area contributed by atoms with E-state index in [1.165, 1.54) is 5.56 Å². The lowest BCUT2D eigenvalue weighted by molar-refractivity contribution is 0.0953. The lowest BCUT2D eigenvalue weighted by Gasteiger charge is -2.11. The van der Waals surface area contributed by atoms with Gasteiger partial charge in [0, 0.05) is 29.8 Å². The number of ether oxygens (including phenoxy) is 2. The van der Waals surface area contributed by atoms with Crippen LogP contribution in [-0.2, 0) is 13.0 Å². The van der Waals surface area contributed by atoms with Gasteiger partial charge in [-0.1, -0.05) is 30.3 Å². The van der Waals surface area contributed by atoms with Crippen molar-refractivity contribution in [1.82, 2.24) is 20.1 Å². The highest BCUT2D eigenvalue weighted by Crippen LogP contribution is 2.26. The third kappa shape index (κ3) is 4.88. The van der Waals surface area contributed by atoms with Crippen molar-refractivity contribution in [2.45, 2.75) is 19.4 Å². The normalized spacial score (nSPS) is 10.8. The molecule has 7 heteroatoms. The molecule has 0 aliphatic carbocycles. The van der Waals surface area contributed by atoms with Gasteiger partial charge in [0.2, 0.25) is 0 Å². The van der Waals surface area contributed by atoms with Gasteiger partial charge >= 0.3 is 0 Å². The molecular weight excluding hydrogens is 404 g/mol. The van der Waals surface area contributed by atoms with Crippen LogP contribution in [0.15, 0.2) is 67.0 Å². The molecule has 1 amide bonds. The minimum absolute atomic E-state index is 0.128. The molecule has 0 radical (unpaired) electrons. The fourth-order valence-electron chi connectivity index (χ4n) is 3.60. The smallest absolute Gasteiger partial charge is 0.252 e. The van der Waals surface area contributed by atoms with Crippen molar-refractivity contribution < 1.29 is 14.3 Å². The van der Waals surface area contributed by atoms with Crippen LogP contribution in [0.25, 0.3) is 11.0 Å². The van der Waals surface area contributed by atoms with Crippen LogP contribution < -0.4 is 14.8 Å². The molecule has 0 saturated heterocycles. The molecule has 0 unspecified atom stereocenters. The molecule has 0 bridgehead atoms. The van der Waals surface area contributed by atoms with Crippen LogP contribution in [0, 0.1) is 0 Å². The van der Waals surface area contributed by atoms with Gasteiger partial charge in [0.1, 0.15) is 11.5 Å². The molecule has 164 valence electrons. The molecule has 7 nitrogen and oxygen atoms in total. The largest absolute Gasteiger partial charge is 0.497 e. The van der Waals surface area contributed by atoms with Crippen molar-refractivity contribution in [2.24, 2.45) is 0 Å². The Hall–Kier alpha value is -3.87. The average Bonchev–Trinajstić information content (AvgIpc) is 3.24. The summed E-state index contributed by atoms with van der Waals surface area (Å²) in [5, 5.41) is 8.24. The first kappa shape index (κ1) is 21.4. The molecule has 0 fully saturated rings. The van der Waals surface area contributed by atoms with Gasteiger partial charge < -0.3 is 14.8 Å². The summed E-state index contributed by atoms with van der Waals surface area (Å²) in [6.07, 6.45) is 5.13. The van der Waals surface area contributed by atoms with Crippen molar-refractivity contribution >= 4 is 16.9 Å². The summed E-state index contributed by atoms with van der Waals surface area (Å²) in [6, 6.07) is 17.7. The van der Waals surface area contributed by atoms with Gasteiger partial charge in [0.05, 0.1) is 32.5 Å². The number of pyridine rings is 1. The van der Waals surface area contributed by atoms with Gasteiger partial charge in [-0.05, 0) is 36.6 Å². The lowest BCUT2D eigenvalue weighted by Crippen LogP contribution is -2.24. The molecule has 4 rings (SSSR count). The van der Waals surface area contributed by atoms with E-state index in [4.69, 9.17) is 9.47 Å². The number of hydrogen-bond acceptors (Lipinski definition) is 5. The number of aryl methyl sites for hydroxylation is 1. The molecule has 2 heterocycles. The molecule has 32 heavy (non-hydrogen) atoms. The number of amides is 1. The monoisotopic (exact) mass is 430 g/mol. The van der Waals surface area contributed by atoms with Crippen LogP contribution in [-0.4, -0.2) is 41.4 Å². The van der Waals surface area contributed by atoms with Crippen LogP contribution in [0.4, 0.5) is 0 Å². The second-order valence-corrected chi connectivity index (χ2v) is 7.46. The fourth-order valence-corrected chi connectivity index (χ4v) is 3.60. The molecule has 0 saturated carbocycles. The van der Waals surface area contributed by atoms with Crippen LogP contribution in [0.5, 0.6) is 11.5 Å². The van der Waals surface area contributed by atoms with E-state index >= 15 is 0 Å². The lowest BCUT2D eigenvalue weighted by atomic mass is 10.1. The van der Waals surface area contributed by atoms with E-state index in [1.54, 1.807) is 31.3 Å². The number of carbonyl (C=O) groups excluding carboxylic acids is 1. The molecule has 2 aromatic carbocycles. The predicted octanol–water partition coefficient (Wildman–Crippen LogP) is 3.86. The quantitative estimate of drug-likeness (QED) is 0.408. The molecule has 4 aromatic rings. The van der Waals surface area contributed by atoms with Gasteiger partial charge in [-0.15, -0.1) is 0 Å². The minimum atomic E-state index is -0.128. The molecular formula is C25H26N4O3. The summed E-state index contributed by atoms with van der Waals surface area (Å²) in [6.45, 7) is 1.11. The standard InChI is InChI=1S/C25H26N4O3/c1-31-22-11-10-19(23(14-22)32-2)17-29-24-20(16-28-29)13-21(15-27-24)25(30)26-12-6-9-18-7-4-3-5-8-18/h3-5,7-8,10-11,13-16H,6,9,12,17H2,1-2H3,(H,26,30). The van der Waals surface area contributed by atoms with E-state index < -0.39 is 0 Å². The number of hydrogen-bond donors (Lipinski definition) is 1. The summed E-state index contributed by atoms with van der Waals surface area (Å²) < 4.78 is 12.5. The van der Waals surface area contributed by atoms with Gasteiger partial charge in [-0.2, -0.15) is 5.10 Å². The zero-order valence-corrected chi connectivity index (χ0v) is 18.2. The van der Waals surface area contributed by atoms with Crippen LogP contribution in [0.1, 0.15) is 27.9 Å². The fraction of sp³-hybridized carbons (Fsp3) is 0.240. The van der Waals surface area contributed by atoms with E-state index in [9.17, 15) is 4.79 Å². The molecule has 1 N–H and O–H groups in total. The maximum Gasteiger partial charge on any atom is 0.252 e. The van der Waals surface area contributed by atoms with Gasteiger partial charge in [0.25, 0.3) is 5.91 Å². The van der Waals surface area contributed by atoms with Crippen molar-refractivity contribution in [3.8, 4) is 11.5 Å². The Morgan fingerprint density at radius 1 is 1.03 bits per heavy atom. The molecule has 0 spiro atoms. The Bertz CT molecular complexity index is 1200. The summed E-state index contributed by atoms with van der Waals surface area (Å²) in [5.41, 5.74) is 3.47. The Kier molecular flexibility index (Phi) is 6.65. The SMILES string of the molecule is COc1ccc(Cn2ncc3cc(C(=O)NCCCc4ccccc4)cnc32)c(OC)c1. The maximum atomic E-state index is 12.5. The number of methoxy groups -OCH3 is 2. The van der Waals surface area contributed by atoms with Crippen molar-refractivity contribution in [1.29, 1.82) is 0 Å². The Labute approximate surface area is 187 Å². The van der Waals surface area contributed by atoms with E-state index in [-0.39, 0.29) is 5.91 Å². The summed E-state index contributed by atoms with van der Waals surface area (Å²) >= 11 is 0. The first-order chi connectivity index (χ1) is 15.7. The highest BCUT2D eigenvalue weighted by Gasteiger charge is 2.12. The molecule has 0 aliphatic heterocycles. The minimum Gasteiger partial charge on any atom is -0.497 e. The second kappa shape index (κ2) is 9.96. The summed E-state index contributed by atoms with van der Waals surface area (Å²) in [7, 11) is 3.25. The first-order valence-electron chi connectivity index (χ1n) is 10.5. The van der Waals surface area contributed by atoms with Crippen LogP contribution >= 0.6 is 0 Å².